The van der Waals surface area contributed by atoms with Crippen LogP contribution in [0.25, 0.3) is 0 Å². The molecular formula is C19H17Cl2NO. The maximum Gasteiger partial charge on any atom is 0.190 e. The van der Waals surface area contributed by atoms with Crippen molar-refractivity contribution in [1.82, 2.24) is 4.90 Å². The molecule has 0 radical (unpaired) electrons. The largest absolute Gasteiger partial charge is 0.383 e. The van der Waals surface area contributed by atoms with Crippen molar-refractivity contribution in [1.29, 1.82) is 0 Å². The van der Waals surface area contributed by atoms with E-state index in [9.17, 15) is 4.79 Å². The number of benzene rings is 2. The highest BCUT2D eigenvalue weighted by Crippen LogP contribution is 2.40. The average molecular weight is 346 g/mol. The van der Waals surface area contributed by atoms with Crippen LogP contribution in [0.5, 0.6) is 0 Å². The van der Waals surface area contributed by atoms with E-state index in [0.29, 0.717) is 16.5 Å². The summed E-state index contributed by atoms with van der Waals surface area (Å²) in [5, 5.41) is 1.08. The van der Waals surface area contributed by atoms with E-state index in [1.807, 2.05) is 67.7 Å². The molecule has 0 aromatic heterocycles. The molecule has 1 atom stereocenters. The third-order valence-electron chi connectivity index (χ3n) is 4.06. The fourth-order valence-electron chi connectivity index (χ4n) is 3.05. The Kier molecular flexibility index (Phi) is 4.47. The van der Waals surface area contributed by atoms with Crippen molar-refractivity contribution >= 4 is 29.0 Å². The lowest BCUT2D eigenvalue weighted by atomic mass is 9.76. The Hall–Kier alpha value is -1.77. The SMILES string of the molecule is CN(C)/C=C1\C[C@H](c2ccc(Cl)c(Cl)c2)c2ccccc2C1=O. The van der Waals surface area contributed by atoms with Crippen molar-refractivity contribution in [2.75, 3.05) is 14.1 Å². The Labute approximate surface area is 146 Å². The summed E-state index contributed by atoms with van der Waals surface area (Å²) < 4.78 is 0. The Balaban J connectivity index is 2.14. The van der Waals surface area contributed by atoms with E-state index >= 15 is 0 Å². The molecule has 1 aliphatic carbocycles. The third kappa shape index (κ3) is 3.15. The molecule has 2 aromatic rings. The fourth-order valence-corrected chi connectivity index (χ4v) is 3.36. The zero-order valence-corrected chi connectivity index (χ0v) is 14.5. The second-order valence-electron chi connectivity index (χ2n) is 5.96. The maximum atomic E-state index is 12.7. The molecule has 23 heavy (non-hydrogen) atoms. The van der Waals surface area contributed by atoms with Gasteiger partial charge >= 0.3 is 0 Å². The van der Waals surface area contributed by atoms with Crippen LogP contribution in [-0.2, 0) is 0 Å². The standard InChI is InChI=1S/C19H17Cl2NO/c1-22(2)11-13-9-16(12-7-8-17(20)18(21)10-12)14-5-3-4-6-15(14)19(13)23/h3-8,10-11,16H,9H2,1-2H3/b13-11+/t16-/m1/s1. The monoisotopic (exact) mass is 345 g/mol. The maximum absolute atomic E-state index is 12.7. The van der Waals surface area contributed by atoms with Crippen LogP contribution in [0.1, 0.15) is 33.8 Å². The molecule has 0 N–H and O–H groups in total. The van der Waals surface area contributed by atoms with E-state index in [4.69, 9.17) is 23.2 Å². The highest BCUT2D eigenvalue weighted by molar-refractivity contribution is 6.42. The molecular weight excluding hydrogens is 329 g/mol. The van der Waals surface area contributed by atoms with Gasteiger partial charge in [-0.05, 0) is 29.7 Å². The lowest BCUT2D eigenvalue weighted by Crippen LogP contribution is -2.21. The van der Waals surface area contributed by atoms with Gasteiger partial charge in [0.25, 0.3) is 0 Å². The van der Waals surface area contributed by atoms with E-state index in [1.54, 1.807) is 0 Å². The average Bonchev–Trinajstić information content (AvgIpc) is 2.52. The van der Waals surface area contributed by atoms with Gasteiger partial charge in [0.1, 0.15) is 0 Å². The molecule has 118 valence electrons. The Morgan fingerprint density at radius 2 is 1.83 bits per heavy atom. The molecule has 0 saturated heterocycles. The smallest absolute Gasteiger partial charge is 0.190 e. The van der Waals surface area contributed by atoms with Gasteiger partial charge in [-0.1, -0.05) is 53.5 Å². The number of fused-ring (bicyclic) bond motifs is 1. The molecule has 4 heteroatoms. The number of Topliss-reactive ketones (excluding diaryl/α,β-unsaturated/α-hetero) is 1. The number of rotatable bonds is 2. The number of hydrogen-bond acceptors (Lipinski definition) is 2. The second-order valence-corrected chi connectivity index (χ2v) is 6.78. The van der Waals surface area contributed by atoms with E-state index in [0.717, 1.165) is 22.3 Å². The van der Waals surface area contributed by atoms with E-state index in [1.165, 1.54) is 0 Å². The summed E-state index contributed by atoms with van der Waals surface area (Å²) in [7, 11) is 3.85. The topological polar surface area (TPSA) is 20.3 Å². The van der Waals surface area contributed by atoms with Gasteiger partial charge in [0.15, 0.2) is 5.78 Å². The van der Waals surface area contributed by atoms with Crippen LogP contribution in [0, 0.1) is 0 Å². The number of allylic oxidation sites excluding steroid dienone is 1. The highest BCUT2D eigenvalue weighted by Gasteiger charge is 2.30. The molecule has 0 fully saturated rings. The number of hydrogen-bond donors (Lipinski definition) is 0. The van der Waals surface area contributed by atoms with Gasteiger partial charge in [-0.15, -0.1) is 0 Å². The Morgan fingerprint density at radius 1 is 1.09 bits per heavy atom. The molecule has 2 aromatic carbocycles. The molecule has 0 unspecified atom stereocenters. The second kappa shape index (κ2) is 6.38. The molecule has 1 aliphatic rings. The van der Waals surface area contributed by atoms with Crippen molar-refractivity contribution in [3.8, 4) is 0 Å². The lowest BCUT2D eigenvalue weighted by Gasteiger charge is -2.28. The zero-order chi connectivity index (χ0) is 16.6. The summed E-state index contributed by atoms with van der Waals surface area (Å²) in [6.07, 6.45) is 2.56. The quantitative estimate of drug-likeness (QED) is 0.701. The number of halogens is 2. The molecule has 0 aliphatic heterocycles. The first-order valence-electron chi connectivity index (χ1n) is 7.43. The van der Waals surface area contributed by atoms with E-state index in [2.05, 4.69) is 0 Å². The van der Waals surface area contributed by atoms with Gasteiger partial charge in [-0.3, -0.25) is 4.79 Å². The van der Waals surface area contributed by atoms with Crippen molar-refractivity contribution in [2.45, 2.75) is 12.3 Å². The Morgan fingerprint density at radius 3 is 2.52 bits per heavy atom. The van der Waals surface area contributed by atoms with E-state index < -0.39 is 0 Å². The van der Waals surface area contributed by atoms with Crippen LogP contribution in [0.3, 0.4) is 0 Å². The summed E-state index contributed by atoms with van der Waals surface area (Å²) in [5.74, 6) is 0.204. The molecule has 0 amide bonds. The summed E-state index contributed by atoms with van der Waals surface area (Å²) in [4.78, 5) is 14.6. The number of carbonyl (C=O) groups excluding carboxylic acids is 1. The van der Waals surface area contributed by atoms with Crippen molar-refractivity contribution in [3.05, 3.63) is 81.0 Å². The molecule has 2 nitrogen and oxygen atoms in total. The Bertz CT molecular complexity index is 796. The summed E-state index contributed by atoms with van der Waals surface area (Å²) >= 11 is 12.2. The van der Waals surface area contributed by atoms with Crippen LogP contribution in [-0.4, -0.2) is 24.8 Å². The first-order chi connectivity index (χ1) is 11.0. The van der Waals surface area contributed by atoms with Gasteiger partial charge in [-0.2, -0.15) is 0 Å². The normalized spacial score (nSPS) is 18.9. The highest BCUT2D eigenvalue weighted by atomic mass is 35.5. The van der Waals surface area contributed by atoms with Crippen molar-refractivity contribution in [2.24, 2.45) is 0 Å². The van der Waals surface area contributed by atoms with Gasteiger partial charge in [0.05, 0.1) is 10.0 Å². The van der Waals surface area contributed by atoms with Crippen molar-refractivity contribution < 1.29 is 4.79 Å². The number of ketones is 1. The van der Waals surface area contributed by atoms with Crippen LogP contribution in [0.2, 0.25) is 10.0 Å². The molecule has 3 rings (SSSR count). The molecule has 0 bridgehead atoms. The molecule has 0 spiro atoms. The number of nitrogens with zero attached hydrogens (tertiary/aromatic N) is 1. The van der Waals surface area contributed by atoms with Gasteiger partial charge in [0.2, 0.25) is 0 Å². The van der Waals surface area contributed by atoms with Crippen LogP contribution >= 0.6 is 23.2 Å². The fraction of sp³-hybridized carbons (Fsp3) is 0.211. The minimum absolute atomic E-state index is 0.102. The predicted molar refractivity (Wildman–Crippen MR) is 95.5 cm³/mol. The first kappa shape index (κ1) is 16.1. The predicted octanol–water partition coefficient (Wildman–Crippen LogP) is 5.16. The minimum Gasteiger partial charge on any atom is -0.383 e. The van der Waals surface area contributed by atoms with Gasteiger partial charge < -0.3 is 4.90 Å². The first-order valence-corrected chi connectivity index (χ1v) is 8.18. The van der Waals surface area contributed by atoms with Crippen LogP contribution in [0.15, 0.2) is 54.2 Å². The van der Waals surface area contributed by atoms with Crippen LogP contribution in [0.4, 0.5) is 0 Å². The summed E-state index contributed by atoms with van der Waals surface area (Å²) in [5.41, 5.74) is 3.70. The van der Waals surface area contributed by atoms with Gasteiger partial charge in [0, 0.05) is 37.3 Å². The molecule has 0 saturated carbocycles. The lowest BCUT2D eigenvalue weighted by molar-refractivity contribution is 0.102. The minimum atomic E-state index is 0.102. The molecule has 0 heterocycles. The summed E-state index contributed by atoms with van der Waals surface area (Å²) in [6.45, 7) is 0. The van der Waals surface area contributed by atoms with Crippen molar-refractivity contribution in [3.63, 3.8) is 0 Å². The summed E-state index contributed by atoms with van der Waals surface area (Å²) in [6, 6.07) is 13.5. The van der Waals surface area contributed by atoms with E-state index in [-0.39, 0.29) is 11.7 Å². The van der Waals surface area contributed by atoms with Gasteiger partial charge in [-0.25, -0.2) is 0 Å². The number of carbonyl (C=O) groups is 1. The zero-order valence-electron chi connectivity index (χ0n) is 13.0. The van der Waals surface area contributed by atoms with Crippen LogP contribution < -0.4 is 0 Å². The third-order valence-corrected chi connectivity index (χ3v) is 4.80.